The Labute approximate surface area is 164 Å². The average Bonchev–Trinajstić information content (AvgIpc) is 3.14. The lowest BCUT2D eigenvalue weighted by atomic mass is 9.42. The van der Waals surface area contributed by atoms with Crippen molar-refractivity contribution >= 4 is 11.9 Å². The number of hydrogen-bond acceptors (Lipinski definition) is 6. The van der Waals surface area contributed by atoms with Gasteiger partial charge in [-0.2, -0.15) is 0 Å². The molecule has 6 nitrogen and oxygen atoms in total. The minimum atomic E-state index is -1.20. The Bertz CT molecular complexity index is 798. The van der Waals surface area contributed by atoms with Crippen LogP contribution in [0.15, 0.2) is 35.2 Å². The van der Waals surface area contributed by atoms with Crippen LogP contribution in [0.5, 0.6) is 0 Å². The predicted molar refractivity (Wildman–Crippen MR) is 100 cm³/mol. The first-order valence-electron chi connectivity index (χ1n) is 9.99. The molecule has 5 atom stereocenters. The largest absolute Gasteiger partial charge is 0.472 e. The number of aryl methyl sites for hydroxylation is 1. The second-order valence-electron chi connectivity index (χ2n) is 8.93. The van der Waals surface area contributed by atoms with Crippen molar-refractivity contribution in [3.05, 3.63) is 36.3 Å². The number of rotatable bonds is 4. The fraction of sp³-hybridized carbons (Fsp3) is 0.636. The number of hydrogen-bond donors (Lipinski definition) is 1. The smallest absolute Gasteiger partial charge is 0.312 e. The lowest BCUT2D eigenvalue weighted by Crippen LogP contribution is -2.72. The molecule has 1 saturated heterocycles. The molecule has 0 spiro atoms. The van der Waals surface area contributed by atoms with Crippen LogP contribution in [0.3, 0.4) is 0 Å². The molecule has 3 fully saturated rings. The van der Waals surface area contributed by atoms with Crippen molar-refractivity contribution in [2.75, 3.05) is 6.61 Å². The standard InChI is InChI=1S/C22H28O6/c1-14-11-17(28-15(2)23)18-20(3)7-4-8-21(18,13-27-19(20)24)22(14,25)9-5-16-6-10-26-12-16/h6,10,12,17-18,25H,1,4-5,7-9,11,13H2,2-3H3/t17-,18+,20+,21-,22-/m1/s1. The van der Waals surface area contributed by atoms with E-state index in [0.717, 1.165) is 12.0 Å². The zero-order valence-electron chi connectivity index (χ0n) is 16.5. The van der Waals surface area contributed by atoms with Crippen molar-refractivity contribution in [3.63, 3.8) is 0 Å². The Balaban J connectivity index is 1.77. The molecular formula is C22H28O6. The molecule has 2 aliphatic carbocycles. The molecule has 2 saturated carbocycles. The quantitative estimate of drug-likeness (QED) is 0.630. The van der Waals surface area contributed by atoms with Crippen molar-refractivity contribution in [3.8, 4) is 0 Å². The van der Waals surface area contributed by atoms with Crippen LogP contribution in [-0.4, -0.2) is 35.4 Å². The number of carbonyl (C=O) groups is 2. The zero-order valence-corrected chi connectivity index (χ0v) is 16.5. The summed E-state index contributed by atoms with van der Waals surface area (Å²) in [5.74, 6) is -0.925. The molecule has 0 amide bonds. The van der Waals surface area contributed by atoms with Crippen LogP contribution in [0.4, 0.5) is 0 Å². The van der Waals surface area contributed by atoms with E-state index in [-0.39, 0.29) is 24.5 Å². The molecule has 2 bridgehead atoms. The van der Waals surface area contributed by atoms with Crippen LogP contribution in [0.2, 0.25) is 0 Å². The topological polar surface area (TPSA) is 86.0 Å². The van der Waals surface area contributed by atoms with E-state index in [1.165, 1.54) is 6.92 Å². The predicted octanol–water partition coefficient (Wildman–Crippen LogP) is 3.18. The second-order valence-corrected chi connectivity index (χ2v) is 8.93. The summed E-state index contributed by atoms with van der Waals surface area (Å²) in [6.45, 7) is 7.60. The maximum absolute atomic E-state index is 12.8. The zero-order chi connectivity index (χ0) is 20.2. The third-order valence-corrected chi connectivity index (χ3v) is 7.43. The number of carbonyl (C=O) groups excluding carboxylic acids is 2. The van der Waals surface area contributed by atoms with Gasteiger partial charge in [0.1, 0.15) is 12.7 Å². The minimum absolute atomic E-state index is 0.130. The number of esters is 2. The number of ether oxygens (including phenoxy) is 2. The summed E-state index contributed by atoms with van der Waals surface area (Å²) >= 11 is 0. The fourth-order valence-corrected chi connectivity index (χ4v) is 6.18. The van der Waals surface area contributed by atoms with Crippen LogP contribution in [0.25, 0.3) is 0 Å². The maximum Gasteiger partial charge on any atom is 0.312 e. The second kappa shape index (κ2) is 6.48. The molecule has 1 aromatic heterocycles. The number of furan rings is 1. The molecule has 0 aromatic carbocycles. The molecule has 1 aliphatic heterocycles. The van der Waals surface area contributed by atoms with Gasteiger partial charge in [0.15, 0.2) is 0 Å². The maximum atomic E-state index is 12.8. The van der Waals surface area contributed by atoms with Crippen molar-refractivity contribution in [2.45, 2.75) is 64.1 Å². The Morgan fingerprint density at radius 1 is 1.43 bits per heavy atom. The van der Waals surface area contributed by atoms with Gasteiger partial charge in [-0.3, -0.25) is 9.59 Å². The summed E-state index contributed by atoms with van der Waals surface area (Å²) in [7, 11) is 0. The molecule has 0 unspecified atom stereocenters. The Hall–Kier alpha value is -2.08. The van der Waals surface area contributed by atoms with Gasteiger partial charge in [0.2, 0.25) is 0 Å². The Kier molecular flexibility index (Phi) is 4.45. The fourth-order valence-electron chi connectivity index (χ4n) is 6.18. The summed E-state index contributed by atoms with van der Waals surface area (Å²) in [4.78, 5) is 24.6. The molecule has 3 aliphatic rings. The highest BCUT2D eigenvalue weighted by atomic mass is 16.6. The van der Waals surface area contributed by atoms with Crippen LogP contribution >= 0.6 is 0 Å². The van der Waals surface area contributed by atoms with E-state index in [4.69, 9.17) is 13.9 Å². The first-order valence-corrected chi connectivity index (χ1v) is 9.99. The van der Waals surface area contributed by atoms with Crippen LogP contribution < -0.4 is 0 Å². The number of cyclic esters (lactones) is 1. The van der Waals surface area contributed by atoms with E-state index < -0.39 is 22.5 Å². The molecule has 4 rings (SSSR count). The first kappa shape index (κ1) is 19.2. The summed E-state index contributed by atoms with van der Waals surface area (Å²) in [5, 5.41) is 12.0. The highest BCUT2D eigenvalue weighted by Gasteiger charge is 2.72. The van der Waals surface area contributed by atoms with Gasteiger partial charge in [-0.15, -0.1) is 0 Å². The first-order chi connectivity index (χ1) is 13.2. The Morgan fingerprint density at radius 2 is 2.21 bits per heavy atom. The summed E-state index contributed by atoms with van der Waals surface area (Å²) in [6, 6.07) is 1.89. The minimum Gasteiger partial charge on any atom is -0.472 e. The summed E-state index contributed by atoms with van der Waals surface area (Å²) in [6.07, 6.45) is 6.46. The van der Waals surface area contributed by atoms with Gasteiger partial charge in [-0.05, 0) is 49.8 Å². The number of aliphatic hydroxyl groups is 1. The monoisotopic (exact) mass is 388 g/mol. The highest BCUT2D eigenvalue weighted by molar-refractivity contribution is 5.79. The summed E-state index contributed by atoms with van der Waals surface area (Å²) in [5.41, 5.74) is -1.02. The van der Waals surface area contributed by atoms with Crippen molar-refractivity contribution < 1.29 is 28.6 Å². The van der Waals surface area contributed by atoms with Gasteiger partial charge in [-0.1, -0.05) is 13.0 Å². The van der Waals surface area contributed by atoms with E-state index in [0.29, 0.717) is 37.7 Å². The molecular weight excluding hydrogens is 360 g/mol. The molecule has 1 aromatic rings. The van der Waals surface area contributed by atoms with Gasteiger partial charge in [-0.25, -0.2) is 0 Å². The highest BCUT2D eigenvalue weighted by Crippen LogP contribution is 2.66. The van der Waals surface area contributed by atoms with E-state index in [1.807, 2.05) is 13.0 Å². The van der Waals surface area contributed by atoms with Gasteiger partial charge >= 0.3 is 11.9 Å². The average molecular weight is 388 g/mol. The van der Waals surface area contributed by atoms with E-state index in [9.17, 15) is 14.7 Å². The summed E-state index contributed by atoms with van der Waals surface area (Å²) < 4.78 is 16.5. The third kappa shape index (κ3) is 2.57. The van der Waals surface area contributed by atoms with E-state index in [2.05, 4.69) is 6.58 Å². The van der Waals surface area contributed by atoms with Gasteiger partial charge in [0.05, 0.1) is 23.5 Å². The molecule has 2 heterocycles. The van der Waals surface area contributed by atoms with Crippen LogP contribution in [0.1, 0.15) is 51.5 Å². The van der Waals surface area contributed by atoms with Crippen molar-refractivity contribution in [1.29, 1.82) is 0 Å². The van der Waals surface area contributed by atoms with Gasteiger partial charge in [0, 0.05) is 24.7 Å². The van der Waals surface area contributed by atoms with Gasteiger partial charge < -0.3 is 19.0 Å². The van der Waals surface area contributed by atoms with Crippen LogP contribution in [-0.2, 0) is 25.5 Å². The third-order valence-electron chi connectivity index (χ3n) is 7.43. The lowest BCUT2D eigenvalue weighted by Gasteiger charge is -2.65. The Morgan fingerprint density at radius 3 is 2.89 bits per heavy atom. The van der Waals surface area contributed by atoms with Crippen molar-refractivity contribution in [1.82, 2.24) is 0 Å². The molecule has 152 valence electrons. The molecule has 0 radical (unpaired) electrons. The lowest BCUT2D eigenvalue weighted by molar-refractivity contribution is -0.261. The SMILES string of the molecule is C=C1C[C@@H](OC(C)=O)[C@@H]2[C@]3(CCC[C@]2(C)C(=O)OC3)[C@@]1(O)CCc1ccoc1. The molecule has 6 heteroatoms. The van der Waals surface area contributed by atoms with Crippen LogP contribution in [0, 0.1) is 16.7 Å². The van der Waals surface area contributed by atoms with Crippen molar-refractivity contribution in [2.24, 2.45) is 16.7 Å². The van der Waals surface area contributed by atoms with E-state index in [1.54, 1.807) is 12.5 Å². The molecule has 1 N–H and O–H groups in total. The molecule has 28 heavy (non-hydrogen) atoms. The normalized spacial score (nSPS) is 39.8. The van der Waals surface area contributed by atoms with Gasteiger partial charge in [0.25, 0.3) is 0 Å². The van der Waals surface area contributed by atoms with E-state index >= 15 is 0 Å².